The van der Waals surface area contributed by atoms with Gasteiger partial charge >= 0.3 is 0 Å². The number of halogens is 1. The van der Waals surface area contributed by atoms with Crippen molar-refractivity contribution < 1.29 is 4.74 Å². The van der Waals surface area contributed by atoms with Gasteiger partial charge in [0.15, 0.2) is 0 Å². The van der Waals surface area contributed by atoms with E-state index in [0.29, 0.717) is 18.0 Å². The third-order valence-corrected chi connectivity index (χ3v) is 3.18. The SMILES string of the molecule is O=Nc1cc(OCc2ccccc2)ccc1I. The molecule has 0 unspecified atom stereocenters. The second-order valence-corrected chi connectivity index (χ2v) is 4.64. The first-order valence-corrected chi connectivity index (χ1v) is 6.17. The summed E-state index contributed by atoms with van der Waals surface area (Å²) in [7, 11) is 0. The van der Waals surface area contributed by atoms with Crippen molar-refractivity contribution in [2.75, 3.05) is 0 Å². The van der Waals surface area contributed by atoms with Crippen LogP contribution in [0.15, 0.2) is 53.7 Å². The van der Waals surface area contributed by atoms with E-state index in [0.717, 1.165) is 9.13 Å². The van der Waals surface area contributed by atoms with Gasteiger partial charge in [-0.05, 0) is 45.5 Å². The van der Waals surface area contributed by atoms with Crippen molar-refractivity contribution in [1.29, 1.82) is 0 Å². The van der Waals surface area contributed by atoms with Crippen LogP contribution in [0.25, 0.3) is 0 Å². The maximum absolute atomic E-state index is 10.5. The first-order valence-electron chi connectivity index (χ1n) is 5.09. The van der Waals surface area contributed by atoms with Gasteiger partial charge in [-0.2, -0.15) is 0 Å². The predicted molar refractivity (Wildman–Crippen MR) is 75.4 cm³/mol. The molecule has 0 aliphatic heterocycles. The van der Waals surface area contributed by atoms with Crippen LogP contribution in [0.4, 0.5) is 5.69 Å². The van der Waals surface area contributed by atoms with E-state index in [1.165, 1.54) is 0 Å². The summed E-state index contributed by atoms with van der Waals surface area (Å²) >= 11 is 2.07. The summed E-state index contributed by atoms with van der Waals surface area (Å²) in [5.74, 6) is 0.656. The molecule has 2 aromatic rings. The van der Waals surface area contributed by atoms with Gasteiger partial charge in [0, 0.05) is 9.64 Å². The molecule has 0 atom stereocenters. The largest absolute Gasteiger partial charge is 0.489 e. The highest BCUT2D eigenvalue weighted by atomic mass is 127. The van der Waals surface area contributed by atoms with E-state index >= 15 is 0 Å². The zero-order valence-corrected chi connectivity index (χ0v) is 11.1. The van der Waals surface area contributed by atoms with Crippen LogP contribution in [-0.2, 0) is 6.61 Å². The van der Waals surface area contributed by atoms with Crippen LogP contribution in [0.2, 0.25) is 0 Å². The topological polar surface area (TPSA) is 38.7 Å². The molecule has 2 aromatic carbocycles. The number of nitrogens with zero attached hydrogens (tertiary/aromatic N) is 1. The second kappa shape index (κ2) is 5.77. The van der Waals surface area contributed by atoms with E-state index in [1.807, 2.05) is 42.5 Å². The second-order valence-electron chi connectivity index (χ2n) is 3.48. The maximum atomic E-state index is 10.5. The smallest absolute Gasteiger partial charge is 0.124 e. The van der Waals surface area contributed by atoms with E-state index in [4.69, 9.17) is 4.74 Å². The van der Waals surface area contributed by atoms with Gasteiger partial charge in [-0.15, -0.1) is 4.91 Å². The lowest BCUT2D eigenvalue weighted by molar-refractivity contribution is 0.306. The fraction of sp³-hybridized carbons (Fsp3) is 0.0769. The Morgan fingerprint density at radius 1 is 1.12 bits per heavy atom. The van der Waals surface area contributed by atoms with Crippen LogP contribution in [0.3, 0.4) is 0 Å². The van der Waals surface area contributed by atoms with Crippen molar-refractivity contribution in [2.24, 2.45) is 5.18 Å². The van der Waals surface area contributed by atoms with Crippen LogP contribution in [0, 0.1) is 8.48 Å². The fourth-order valence-electron chi connectivity index (χ4n) is 1.39. The Kier molecular flexibility index (Phi) is 4.08. The molecule has 0 spiro atoms. The Bertz CT molecular complexity index is 514. The molecule has 4 heteroatoms. The highest BCUT2D eigenvalue weighted by Gasteiger charge is 2.02. The van der Waals surface area contributed by atoms with Crippen molar-refractivity contribution in [2.45, 2.75) is 6.61 Å². The van der Waals surface area contributed by atoms with Crippen molar-refractivity contribution >= 4 is 28.3 Å². The molecule has 0 bridgehead atoms. The molecular formula is C13H10INO2. The summed E-state index contributed by atoms with van der Waals surface area (Å²) in [6.07, 6.45) is 0. The Hall–Kier alpha value is -1.43. The first kappa shape index (κ1) is 12.0. The zero-order valence-electron chi connectivity index (χ0n) is 8.97. The number of benzene rings is 2. The molecule has 0 fully saturated rings. The summed E-state index contributed by atoms with van der Waals surface area (Å²) in [5.41, 5.74) is 1.50. The molecule has 0 aromatic heterocycles. The Labute approximate surface area is 113 Å². The minimum absolute atomic E-state index is 0.413. The minimum Gasteiger partial charge on any atom is -0.489 e. The van der Waals surface area contributed by atoms with Crippen molar-refractivity contribution in [3.63, 3.8) is 0 Å². The third-order valence-electron chi connectivity index (χ3n) is 2.26. The van der Waals surface area contributed by atoms with Crippen LogP contribution >= 0.6 is 22.6 Å². The zero-order chi connectivity index (χ0) is 12.1. The molecule has 0 saturated heterocycles. The Balaban J connectivity index is 2.07. The monoisotopic (exact) mass is 339 g/mol. The summed E-state index contributed by atoms with van der Waals surface area (Å²) in [6.45, 7) is 0.486. The Morgan fingerprint density at radius 2 is 1.88 bits per heavy atom. The van der Waals surface area contributed by atoms with Crippen molar-refractivity contribution in [3.05, 3.63) is 62.6 Å². The molecule has 0 saturated carbocycles. The highest BCUT2D eigenvalue weighted by molar-refractivity contribution is 14.1. The van der Waals surface area contributed by atoms with Gasteiger partial charge in [0.2, 0.25) is 0 Å². The lowest BCUT2D eigenvalue weighted by Crippen LogP contribution is -1.94. The summed E-state index contributed by atoms with van der Waals surface area (Å²) < 4.78 is 6.41. The average Bonchev–Trinajstić information content (AvgIpc) is 2.39. The van der Waals surface area contributed by atoms with Crippen molar-refractivity contribution in [3.8, 4) is 5.75 Å². The van der Waals surface area contributed by atoms with E-state index in [9.17, 15) is 4.91 Å². The highest BCUT2D eigenvalue weighted by Crippen LogP contribution is 2.26. The summed E-state index contributed by atoms with van der Waals surface area (Å²) in [5, 5.41) is 2.95. The molecule has 3 nitrogen and oxygen atoms in total. The predicted octanol–water partition coefficient (Wildman–Crippen LogP) is 4.27. The normalized spacial score (nSPS) is 9.94. The van der Waals surface area contributed by atoms with Gasteiger partial charge in [0.1, 0.15) is 18.0 Å². The standard InChI is InChI=1S/C13H10INO2/c14-12-7-6-11(8-13(12)15-16)17-9-10-4-2-1-3-5-10/h1-8H,9H2. The third kappa shape index (κ3) is 3.26. The number of hydrogen-bond donors (Lipinski definition) is 0. The number of ether oxygens (including phenoxy) is 1. The molecule has 0 heterocycles. The number of nitroso groups, excluding NO2 is 1. The average molecular weight is 339 g/mol. The van der Waals surface area contributed by atoms with Crippen LogP contribution in [0.1, 0.15) is 5.56 Å². The van der Waals surface area contributed by atoms with E-state index < -0.39 is 0 Å². The van der Waals surface area contributed by atoms with E-state index in [-0.39, 0.29) is 0 Å². The van der Waals surface area contributed by atoms with Gasteiger partial charge in [-0.3, -0.25) is 0 Å². The molecular weight excluding hydrogens is 329 g/mol. The van der Waals surface area contributed by atoms with Gasteiger partial charge in [-0.1, -0.05) is 30.3 Å². The van der Waals surface area contributed by atoms with Crippen LogP contribution in [-0.4, -0.2) is 0 Å². The summed E-state index contributed by atoms with van der Waals surface area (Å²) in [4.78, 5) is 10.5. The number of hydrogen-bond acceptors (Lipinski definition) is 3. The van der Waals surface area contributed by atoms with Gasteiger partial charge in [0.25, 0.3) is 0 Å². The van der Waals surface area contributed by atoms with E-state index in [1.54, 1.807) is 6.07 Å². The molecule has 0 aliphatic carbocycles. The maximum Gasteiger partial charge on any atom is 0.124 e. The fourth-order valence-corrected chi connectivity index (χ4v) is 1.83. The van der Waals surface area contributed by atoms with E-state index in [2.05, 4.69) is 27.8 Å². The molecule has 0 amide bonds. The molecule has 86 valence electrons. The Morgan fingerprint density at radius 3 is 2.59 bits per heavy atom. The summed E-state index contributed by atoms with van der Waals surface area (Å²) in [6, 6.07) is 15.2. The van der Waals surface area contributed by atoms with Crippen LogP contribution in [0.5, 0.6) is 5.75 Å². The van der Waals surface area contributed by atoms with Gasteiger partial charge in [0.05, 0.1) is 0 Å². The molecule has 17 heavy (non-hydrogen) atoms. The van der Waals surface area contributed by atoms with Crippen LogP contribution < -0.4 is 4.74 Å². The number of rotatable bonds is 4. The quantitative estimate of drug-likeness (QED) is 0.616. The van der Waals surface area contributed by atoms with Gasteiger partial charge in [-0.25, -0.2) is 0 Å². The van der Waals surface area contributed by atoms with Gasteiger partial charge < -0.3 is 4.74 Å². The molecule has 0 aliphatic rings. The molecule has 0 N–H and O–H groups in total. The lowest BCUT2D eigenvalue weighted by atomic mass is 10.2. The molecule has 0 radical (unpaired) electrons. The lowest BCUT2D eigenvalue weighted by Gasteiger charge is -2.06. The first-order chi connectivity index (χ1) is 8.29. The van der Waals surface area contributed by atoms with Crippen molar-refractivity contribution in [1.82, 2.24) is 0 Å². The molecule has 2 rings (SSSR count). The minimum atomic E-state index is 0.413.